The lowest BCUT2D eigenvalue weighted by Gasteiger charge is -2.43. The molecule has 0 spiro atoms. The summed E-state index contributed by atoms with van der Waals surface area (Å²) in [5.41, 5.74) is 1.32. The second kappa shape index (κ2) is 7.18. The second-order valence-electron chi connectivity index (χ2n) is 6.85. The average molecular weight is 343 g/mol. The molecule has 1 aromatic carbocycles. The zero-order valence-electron chi connectivity index (χ0n) is 14.7. The number of carbonyl (C=O) groups excluding carboxylic acids is 1. The van der Waals surface area contributed by atoms with E-state index < -0.39 is 0 Å². The number of hydrogen-bond acceptors (Lipinski definition) is 5. The Labute approximate surface area is 147 Å². The van der Waals surface area contributed by atoms with Crippen LogP contribution in [-0.2, 0) is 16.0 Å². The van der Waals surface area contributed by atoms with Crippen molar-refractivity contribution in [1.29, 1.82) is 0 Å². The van der Waals surface area contributed by atoms with Crippen LogP contribution in [0.1, 0.15) is 48.7 Å². The lowest BCUT2D eigenvalue weighted by molar-refractivity contribution is -0.0926. The van der Waals surface area contributed by atoms with Gasteiger partial charge in [-0.3, -0.25) is 4.90 Å². The number of furan rings is 1. The van der Waals surface area contributed by atoms with Gasteiger partial charge in [0.1, 0.15) is 16.9 Å². The van der Waals surface area contributed by atoms with Crippen molar-refractivity contribution in [3.8, 4) is 0 Å². The average Bonchev–Trinajstić information content (AvgIpc) is 3.00. The number of fused-ring (bicyclic) bond motifs is 2. The van der Waals surface area contributed by atoms with Gasteiger partial charge < -0.3 is 13.9 Å². The molecule has 5 nitrogen and oxygen atoms in total. The highest BCUT2D eigenvalue weighted by atomic mass is 16.5. The fourth-order valence-corrected chi connectivity index (χ4v) is 4.19. The van der Waals surface area contributed by atoms with Crippen molar-refractivity contribution >= 4 is 16.9 Å². The van der Waals surface area contributed by atoms with Gasteiger partial charge in [-0.1, -0.05) is 31.0 Å². The van der Waals surface area contributed by atoms with E-state index in [1.54, 1.807) is 0 Å². The van der Waals surface area contributed by atoms with Gasteiger partial charge in [0.05, 0.1) is 25.9 Å². The second-order valence-corrected chi connectivity index (χ2v) is 6.85. The number of esters is 1. The number of ether oxygens (including phenoxy) is 2. The van der Waals surface area contributed by atoms with Crippen molar-refractivity contribution < 1.29 is 18.7 Å². The number of para-hydroxylation sites is 1. The summed E-state index contributed by atoms with van der Waals surface area (Å²) in [5, 5.41) is 0.837. The predicted molar refractivity (Wildman–Crippen MR) is 94.6 cm³/mol. The predicted octanol–water partition coefficient (Wildman–Crippen LogP) is 3.75. The molecule has 1 saturated heterocycles. The van der Waals surface area contributed by atoms with Crippen molar-refractivity contribution in [2.45, 2.75) is 51.3 Å². The number of nitrogens with zero attached hydrogens (tertiary/aromatic N) is 1. The smallest absolute Gasteiger partial charge is 0.342 e. The molecule has 0 radical (unpaired) electrons. The summed E-state index contributed by atoms with van der Waals surface area (Å²) in [6.07, 6.45) is 5.09. The SMILES string of the molecule is CCOC(=O)c1c(CN2CCOC3CCCCC32)oc2ccccc12. The minimum Gasteiger partial charge on any atom is -0.462 e. The van der Waals surface area contributed by atoms with Crippen LogP contribution in [0.15, 0.2) is 28.7 Å². The van der Waals surface area contributed by atoms with Gasteiger partial charge in [-0.15, -0.1) is 0 Å². The standard InChI is InChI=1S/C20H25NO4/c1-2-23-20(22)19-14-7-3-5-9-16(14)25-18(19)13-21-11-12-24-17-10-6-4-8-15(17)21/h3,5,7,9,15,17H,2,4,6,8,10-13H2,1H3. The molecule has 1 aromatic heterocycles. The maximum absolute atomic E-state index is 12.5. The maximum atomic E-state index is 12.5. The Morgan fingerprint density at radius 2 is 2.12 bits per heavy atom. The topological polar surface area (TPSA) is 51.9 Å². The van der Waals surface area contributed by atoms with E-state index in [2.05, 4.69) is 4.90 Å². The molecule has 0 amide bonds. The lowest BCUT2D eigenvalue weighted by Crippen LogP contribution is -2.52. The van der Waals surface area contributed by atoms with Crippen LogP contribution in [0, 0.1) is 0 Å². The van der Waals surface area contributed by atoms with Crippen molar-refractivity contribution in [1.82, 2.24) is 4.90 Å². The molecule has 1 aliphatic heterocycles. The molecule has 2 aromatic rings. The molecule has 2 aliphatic rings. The molecule has 2 fully saturated rings. The van der Waals surface area contributed by atoms with Gasteiger partial charge in [0, 0.05) is 18.0 Å². The van der Waals surface area contributed by atoms with E-state index in [0.29, 0.717) is 36.6 Å². The zero-order chi connectivity index (χ0) is 17.2. The molecular formula is C20H25NO4. The monoisotopic (exact) mass is 343 g/mol. The van der Waals surface area contributed by atoms with Crippen LogP contribution in [0.4, 0.5) is 0 Å². The summed E-state index contributed by atoms with van der Waals surface area (Å²) in [5.74, 6) is 0.418. The molecule has 4 rings (SSSR count). The fourth-order valence-electron chi connectivity index (χ4n) is 4.19. The van der Waals surface area contributed by atoms with Crippen LogP contribution in [-0.4, -0.2) is 42.8 Å². The Kier molecular flexibility index (Phi) is 4.77. The van der Waals surface area contributed by atoms with Crippen molar-refractivity contribution in [3.05, 3.63) is 35.6 Å². The molecule has 0 N–H and O–H groups in total. The number of hydrogen-bond donors (Lipinski definition) is 0. The fraction of sp³-hybridized carbons (Fsp3) is 0.550. The van der Waals surface area contributed by atoms with E-state index in [4.69, 9.17) is 13.9 Å². The highest BCUT2D eigenvalue weighted by molar-refractivity contribution is 6.04. The van der Waals surface area contributed by atoms with Gasteiger partial charge in [0.2, 0.25) is 0 Å². The Hall–Kier alpha value is -1.85. The summed E-state index contributed by atoms with van der Waals surface area (Å²) in [6, 6.07) is 8.11. The number of morpholine rings is 1. The highest BCUT2D eigenvalue weighted by Crippen LogP contribution is 2.32. The van der Waals surface area contributed by atoms with Crippen LogP contribution in [0.5, 0.6) is 0 Å². The third-order valence-electron chi connectivity index (χ3n) is 5.34. The summed E-state index contributed by atoms with van der Waals surface area (Å²) < 4.78 is 17.3. The third-order valence-corrected chi connectivity index (χ3v) is 5.34. The summed E-state index contributed by atoms with van der Waals surface area (Å²) in [7, 11) is 0. The lowest BCUT2D eigenvalue weighted by atomic mass is 9.90. The minimum atomic E-state index is -0.295. The van der Waals surface area contributed by atoms with Gasteiger partial charge in [-0.2, -0.15) is 0 Å². The first-order chi connectivity index (χ1) is 12.3. The van der Waals surface area contributed by atoms with Crippen molar-refractivity contribution in [3.63, 3.8) is 0 Å². The molecule has 2 unspecified atom stereocenters. The molecule has 0 bridgehead atoms. The van der Waals surface area contributed by atoms with Crippen molar-refractivity contribution in [2.75, 3.05) is 19.8 Å². The first-order valence-electron chi connectivity index (χ1n) is 9.31. The molecular weight excluding hydrogens is 318 g/mol. The third kappa shape index (κ3) is 3.18. The Balaban J connectivity index is 1.66. The minimum absolute atomic E-state index is 0.295. The first kappa shape index (κ1) is 16.6. The van der Waals surface area contributed by atoms with E-state index in [1.165, 1.54) is 12.8 Å². The molecule has 1 saturated carbocycles. The van der Waals surface area contributed by atoms with Crippen LogP contribution in [0.3, 0.4) is 0 Å². The van der Waals surface area contributed by atoms with Crippen LogP contribution in [0.2, 0.25) is 0 Å². The van der Waals surface area contributed by atoms with Crippen molar-refractivity contribution in [2.24, 2.45) is 0 Å². The quantitative estimate of drug-likeness (QED) is 0.791. The zero-order valence-corrected chi connectivity index (χ0v) is 14.7. The largest absolute Gasteiger partial charge is 0.462 e. The van der Waals surface area contributed by atoms with Gasteiger partial charge in [-0.25, -0.2) is 4.79 Å². The Morgan fingerprint density at radius 1 is 1.28 bits per heavy atom. The highest BCUT2D eigenvalue weighted by Gasteiger charge is 2.35. The Morgan fingerprint density at radius 3 is 3.00 bits per heavy atom. The van der Waals surface area contributed by atoms with E-state index in [1.807, 2.05) is 31.2 Å². The maximum Gasteiger partial charge on any atom is 0.342 e. The molecule has 25 heavy (non-hydrogen) atoms. The molecule has 134 valence electrons. The van der Waals surface area contributed by atoms with Gasteiger partial charge in [0.15, 0.2) is 0 Å². The van der Waals surface area contributed by atoms with Gasteiger partial charge in [-0.05, 0) is 25.8 Å². The normalized spacial score (nSPS) is 24.2. The van der Waals surface area contributed by atoms with Crippen LogP contribution < -0.4 is 0 Å². The van der Waals surface area contributed by atoms with Crippen LogP contribution in [0.25, 0.3) is 11.0 Å². The summed E-state index contributed by atoms with van der Waals surface area (Å²) in [6.45, 7) is 4.44. The molecule has 2 atom stereocenters. The first-order valence-corrected chi connectivity index (χ1v) is 9.31. The molecule has 5 heteroatoms. The number of benzene rings is 1. The Bertz CT molecular complexity index is 751. The van der Waals surface area contributed by atoms with Crippen LogP contribution >= 0.6 is 0 Å². The number of carbonyl (C=O) groups is 1. The molecule has 1 aliphatic carbocycles. The van der Waals surface area contributed by atoms with E-state index in [9.17, 15) is 4.79 Å². The van der Waals surface area contributed by atoms with E-state index in [0.717, 1.165) is 37.0 Å². The molecule has 2 heterocycles. The number of rotatable bonds is 4. The van der Waals surface area contributed by atoms with E-state index >= 15 is 0 Å². The van der Waals surface area contributed by atoms with E-state index in [-0.39, 0.29) is 5.97 Å². The van der Waals surface area contributed by atoms with Gasteiger partial charge in [0.25, 0.3) is 0 Å². The summed E-state index contributed by atoms with van der Waals surface area (Å²) >= 11 is 0. The van der Waals surface area contributed by atoms with Gasteiger partial charge >= 0.3 is 5.97 Å². The summed E-state index contributed by atoms with van der Waals surface area (Å²) in [4.78, 5) is 15.0.